The SMILES string of the molecule is Cc1cc(F)cc(NC(C)c2cc(C(=O)N(C)C)cc3c(=O)cc(N4CCOCC4)oc23)c1. The lowest BCUT2D eigenvalue weighted by molar-refractivity contribution is 0.0827. The Morgan fingerprint density at radius 2 is 1.85 bits per heavy atom. The second-order valence-corrected chi connectivity index (χ2v) is 8.57. The highest BCUT2D eigenvalue weighted by Crippen LogP contribution is 2.31. The van der Waals surface area contributed by atoms with Crippen LogP contribution in [0.25, 0.3) is 11.0 Å². The van der Waals surface area contributed by atoms with Crippen molar-refractivity contribution in [1.82, 2.24) is 4.90 Å². The number of nitrogens with one attached hydrogen (secondary N) is 1. The number of nitrogens with zero attached hydrogens (tertiary/aromatic N) is 2. The van der Waals surface area contributed by atoms with Crippen molar-refractivity contribution < 1.29 is 18.3 Å². The van der Waals surface area contributed by atoms with Crippen LogP contribution in [-0.4, -0.2) is 51.2 Å². The van der Waals surface area contributed by atoms with Crippen LogP contribution in [0.2, 0.25) is 0 Å². The number of morpholine rings is 1. The zero-order chi connectivity index (χ0) is 23.7. The molecule has 4 rings (SSSR count). The van der Waals surface area contributed by atoms with Crippen molar-refractivity contribution in [2.75, 3.05) is 50.6 Å². The fourth-order valence-electron chi connectivity index (χ4n) is 4.06. The second kappa shape index (κ2) is 9.23. The predicted molar refractivity (Wildman–Crippen MR) is 127 cm³/mol. The van der Waals surface area contributed by atoms with E-state index in [0.717, 1.165) is 5.56 Å². The maximum absolute atomic E-state index is 13.9. The Balaban J connectivity index is 1.85. The molecule has 1 N–H and O–H groups in total. The molecule has 2 heterocycles. The van der Waals surface area contributed by atoms with E-state index in [1.807, 2.05) is 24.8 Å². The van der Waals surface area contributed by atoms with Crippen molar-refractivity contribution in [2.24, 2.45) is 0 Å². The lowest BCUT2D eigenvalue weighted by Crippen LogP contribution is -2.36. The summed E-state index contributed by atoms with van der Waals surface area (Å²) in [7, 11) is 3.32. The van der Waals surface area contributed by atoms with Crippen molar-refractivity contribution >= 4 is 28.4 Å². The number of amides is 1. The van der Waals surface area contributed by atoms with Gasteiger partial charge >= 0.3 is 0 Å². The summed E-state index contributed by atoms with van der Waals surface area (Å²) in [6.45, 7) is 6.07. The Labute approximate surface area is 191 Å². The molecule has 0 saturated carbocycles. The molecule has 1 aromatic heterocycles. The number of hydrogen-bond acceptors (Lipinski definition) is 6. The first-order valence-electron chi connectivity index (χ1n) is 10.9. The predicted octanol–water partition coefficient (Wildman–Crippen LogP) is 3.95. The summed E-state index contributed by atoms with van der Waals surface area (Å²) in [5.41, 5.74) is 2.61. The molecule has 0 aliphatic carbocycles. The van der Waals surface area contributed by atoms with Crippen LogP contribution in [0.4, 0.5) is 16.0 Å². The van der Waals surface area contributed by atoms with Crippen LogP contribution < -0.4 is 15.6 Å². The quantitative estimate of drug-likeness (QED) is 0.631. The molecule has 1 unspecified atom stereocenters. The molecular weight excluding hydrogens is 425 g/mol. The standard InChI is InChI=1S/C25H28FN3O4/c1-15-9-18(26)13-19(10-15)27-16(2)20-11-17(25(31)28(3)4)12-21-22(30)14-23(33-24(20)21)29-5-7-32-8-6-29/h9-14,16,27H,5-8H2,1-4H3. The monoisotopic (exact) mass is 453 g/mol. The number of benzene rings is 2. The number of aryl methyl sites for hydroxylation is 1. The van der Waals surface area contributed by atoms with E-state index in [4.69, 9.17) is 9.15 Å². The number of halogens is 1. The van der Waals surface area contributed by atoms with E-state index in [1.165, 1.54) is 23.1 Å². The van der Waals surface area contributed by atoms with Crippen molar-refractivity contribution in [3.8, 4) is 0 Å². The van der Waals surface area contributed by atoms with E-state index in [2.05, 4.69) is 5.32 Å². The van der Waals surface area contributed by atoms with Gasteiger partial charge in [0.05, 0.1) is 24.6 Å². The van der Waals surface area contributed by atoms with E-state index >= 15 is 0 Å². The molecule has 0 radical (unpaired) electrons. The third kappa shape index (κ3) is 4.85. The van der Waals surface area contributed by atoms with E-state index < -0.39 is 0 Å². The molecule has 33 heavy (non-hydrogen) atoms. The van der Waals surface area contributed by atoms with Crippen LogP contribution in [0.5, 0.6) is 0 Å². The van der Waals surface area contributed by atoms with Crippen molar-refractivity contribution in [3.05, 3.63) is 69.1 Å². The average molecular weight is 454 g/mol. The minimum absolute atomic E-state index is 0.219. The van der Waals surface area contributed by atoms with Crippen LogP contribution in [0.15, 0.2) is 45.6 Å². The molecule has 0 bridgehead atoms. The van der Waals surface area contributed by atoms with Gasteiger partial charge in [0, 0.05) is 50.1 Å². The minimum Gasteiger partial charge on any atom is -0.440 e. The van der Waals surface area contributed by atoms with Crippen LogP contribution in [-0.2, 0) is 4.74 Å². The number of carbonyl (C=O) groups excluding carboxylic acids is 1. The first kappa shape index (κ1) is 22.8. The van der Waals surface area contributed by atoms with E-state index in [0.29, 0.717) is 60.0 Å². The van der Waals surface area contributed by atoms with E-state index in [9.17, 15) is 14.0 Å². The smallest absolute Gasteiger partial charge is 0.253 e. The lowest BCUT2D eigenvalue weighted by Gasteiger charge is -2.27. The maximum atomic E-state index is 13.9. The molecule has 7 nitrogen and oxygen atoms in total. The summed E-state index contributed by atoms with van der Waals surface area (Å²) < 4.78 is 25.6. The van der Waals surface area contributed by atoms with Gasteiger partial charge in [-0.1, -0.05) is 0 Å². The summed E-state index contributed by atoms with van der Waals surface area (Å²) in [5, 5.41) is 3.62. The zero-order valence-electron chi connectivity index (χ0n) is 19.3. The Morgan fingerprint density at radius 1 is 1.12 bits per heavy atom. The molecule has 1 amide bonds. The van der Waals surface area contributed by atoms with Gasteiger partial charge in [-0.05, 0) is 49.7 Å². The molecule has 1 aliphatic heterocycles. The van der Waals surface area contributed by atoms with Gasteiger partial charge in [0.2, 0.25) is 0 Å². The fraction of sp³-hybridized carbons (Fsp3) is 0.360. The fourth-order valence-corrected chi connectivity index (χ4v) is 4.06. The molecule has 1 aliphatic rings. The van der Waals surface area contributed by atoms with Crippen LogP contribution in [0, 0.1) is 12.7 Å². The van der Waals surface area contributed by atoms with Crippen LogP contribution in [0.3, 0.4) is 0 Å². The largest absolute Gasteiger partial charge is 0.440 e. The topological polar surface area (TPSA) is 75.0 Å². The van der Waals surface area contributed by atoms with Crippen molar-refractivity contribution in [3.63, 3.8) is 0 Å². The summed E-state index contributed by atoms with van der Waals surface area (Å²) in [5.74, 6) is -0.0895. The van der Waals surface area contributed by atoms with Gasteiger partial charge in [-0.2, -0.15) is 0 Å². The lowest BCUT2D eigenvalue weighted by atomic mass is 9.99. The minimum atomic E-state index is -0.369. The van der Waals surface area contributed by atoms with Gasteiger partial charge in [0.1, 0.15) is 11.4 Å². The van der Waals surface area contributed by atoms with Gasteiger partial charge in [-0.25, -0.2) is 4.39 Å². The summed E-state index contributed by atoms with van der Waals surface area (Å²) in [6.07, 6.45) is 0. The molecule has 1 atom stereocenters. The second-order valence-electron chi connectivity index (χ2n) is 8.57. The first-order chi connectivity index (χ1) is 15.7. The molecule has 8 heteroatoms. The van der Waals surface area contributed by atoms with Gasteiger partial charge < -0.3 is 24.3 Å². The Bertz CT molecular complexity index is 1230. The zero-order valence-corrected chi connectivity index (χ0v) is 19.3. The summed E-state index contributed by atoms with van der Waals surface area (Å²) >= 11 is 0. The number of ether oxygens (including phenoxy) is 1. The number of fused-ring (bicyclic) bond motifs is 1. The van der Waals surface area contributed by atoms with Gasteiger partial charge in [-0.3, -0.25) is 9.59 Å². The van der Waals surface area contributed by atoms with E-state index in [1.54, 1.807) is 26.2 Å². The normalized spacial score (nSPS) is 14.9. The molecule has 3 aromatic rings. The third-order valence-electron chi connectivity index (χ3n) is 5.71. The number of hydrogen-bond donors (Lipinski definition) is 1. The Morgan fingerprint density at radius 3 is 2.52 bits per heavy atom. The maximum Gasteiger partial charge on any atom is 0.253 e. The average Bonchev–Trinajstić information content (AvgIpc) is 2.77. The molecule has 1 fully saturated rings. The Kier molecular flexibility index (Phi) is 6.37. The highest BCUT2D eigenvalue weighted by atomic mass is 19.1. The highest BCUT2D eigenvalue weighted by molar-refractivity contribution is 5.98. The highest BCUT2D eigenvalue weighted by Gasteiger charge is 2.22. The number of rotatable bonds is 5. The summed E-state index contributed by atoms with van der Waals surface area (Å²) in [6, 6.07) is 9.12. The first-order valence-corrected chi connectivity index (χ1v) is 10.9. The van der Waals surface area contributed by atoms with Crippen LogP contribution in [0.1, 0.15) is 34.5 Å². The third-order valence-corrected chi connectivity index (χ3v) is 5.71. The summed E-state index contributed by atoms with van der Waals surface area (Å²) in [4.78, 5) is 29.3. The molecule has 174 valence electrons. The molecule has 1 saturated heterocycles. The Hall–Kier alpha value is -3.39. The van der Waals surface area contributed by atoms with E-state index in [-0.39, 0.29) is 23.2 Å². The molecule has 0 spiro atoms. The molecule has 2 aromatic carbocycles. The van der Waals surface area contributed by atoms with Crippen molar-refractivity contribution in [2.45, 2.75) is 19.9 Å². The van der Waals surface area contributed by atoms with Gasteiger partial charge in [-0.15, -0.1) is 0 Å². The van der Waals surface area contributed by atoms with Gasteiger partial charge in [0.25, 0.3) is 5.91 Å². The van der Waals surface area contributed by atoms with Crippen LogP contribution >= 0.6 is 0 Å². The molecular formula is C25H28FN3O4. The number of carbonyl (C=O) groups is 1. The number of anilines is 2. The van der Waals surface area contributed by atoms with Gasteiger partial charge in [0.15, 0.2) is 11.3 Å². The van der Waals surface area contributed by atoms with Crippen molar-refractivity contribution in [1.29, 1.82) is 0 Å².